The predicted octanol–water partition coefficient (Wildman–Crippen LogP) is 22.0. The van der Waals surface area contributed by atoms with Gasteiger partial charge in [0, 0.05) is 68.5 Å². The summed E-state index contributed by atoms with van der Waals surface area (Å²) in [6.07, 6.45) is -13.6. The van der Waals surface area contributed by atoms with Crippen molar-refractivity contribution < 1.29 is 78.5 Å². The molecule has 3 atom stereocenters. The molecule has 0 saturated heterocycles. The van der Waals surface area contributed by atoms with E-state index in [2.05, 4.69) is 0 Å². The molecule has 0 aliphatic carbocycles. The lowest BCUT2D eigenvalue weighted by Gasteiger charge is -2.14. The van der Waals surface area contributed by atoms with E-state index in [-0.39, 0.29) is 82.3 Å². The van der Waals surface area contributed by atoms with Crippen LogP contribution < -0.4 is 0 Å². The molecule has 0 aliphatic heterocycles. The molecule has 0 amide bonds. The second-order valence-corrected chi connectivity index (χ2v) is 27.6. The molecular formula is C58H64Cl3F15O3S6. The molecule has 476 valence electrons. The van der Waals surface area contributed by atoms with Crippen molar-refractivity contribution in [2.24, 2.45) is 0 Å². The number of hydrogen-bond acceptors (Lipinski definition) is 6. The van der Waals surface area contributed by atoms with Crippen LogP contribution in [0.2, 0.25) is 0 Å². The van der Waals surface area contributed by atoms with Crippen molar-refractivity contribution in [3.05, 3.63) is 141 Å². The lowest BCUT2D eigenvalue weighted by atomic mass is 10.0. The minimum Gasteiger partial charge on any atom is -0.254 e. The monoisotopic (exact) mass is 1390 g/mol. The highest BCUT2D eigenvalue weighted by atomic mass is 35.6. The molecule has 3 nitrogen and oxygen atoms in total. The highest BCUT2D eigenvalue weighted by molar-refractivity contribution is 7.99. The number of thioether (sulfide) groups is 3. The van der Waals surface area contributed by atoms with Crippen molar-refractivity contribution in [3.63, 3.8) is 0 Å². The van der Waals surface area contributed by atoms with Gasteiger partial charge in [-0.2, -0.15) is 39.5 Å². The zero-order valence-corrected chi connectivity index (χ0v) is 51.9. The predicted molar refractivity (Wildman–Crippen MR) is 327 cm³/mol. The van der Waals surface area contributed by atoms with Gasteiger partial charge in [-0.15, -0.1) is 35.3 Å². The molecule has 0 radical (unpaired) electrons. The summed E-state index contributed by atoms with van der Waals surface area (Å²) < 4.78 is 235. The van der Waals surface area contributed by atoms with Gasteiger partial charge in [0.15, 0.2) is 4.30 Å². The standard InChI is InChI=1S/C18H17F5O2S2.C18H17F5OS2.C18H17F5S2.CHCl3.3CH4/c1-4-26(24)16-7-12(14(19)5-10(16)2)13-8-17(11(3)6-15(13)20)27(25)9-18(21,22)23;1-4-25-16-7-12(14(19)5-10(16)2)13-8-17(11(3)6-15(13)20)26(24)9-18(21,22)23;1-4-24-16-7-12(14(19)5-10(16)2)13-8-17(11(3)6-15(13)20)25-9-18(21,22)23;2-1(3)4;;;/h5-8H,4,9H2,1-3H3;5-8H,4,9H2,1-3H3;5-8H,4,9H2,1-3H3;1H;3*1H4. The van der Waals surface area contributed by atoms with E-state index in [9.17, 15) is 78.5 Å². The number of aryl methyl sites for hydroxylation is 6. The second-order valence-electron chi connectivity index (χ2n) is 17.4. The van der Waals surface area contributed by atoms with Gasteiger partial charge in [0.05, 0.1) is 38.2 Å². The number of halogens is 18. The lowest BCUT2D eigenvalue weighted by Crippen LogP contribution is -2.19. The number of alkyl halides is 12. The van der Waals surface area contributed by atoms with Gasteiger partial charge < -0.3 is 0 Å². The van der Waals surface area contributed by atoms with Gasteiger partial charge in [-0.3, -0.25) is 12.6 Å². The van der Waals surface area contributed by atoms with Crippen molar-refractivity contribution >= 4 is 102 Å². The Balaban J connectivity index is 0.00000119. The average Bonchev–Trinajstić information content (AvgIpc) is 3.13. The Morgan fingerprint density at radius 3 is 0.824 bits per heavy atom. The zero-order chi connectivity index (χ0) is 62.5. The first-order chi connectivity index (χ1) is 37.8. The Morgan fingerprint density at radius 1 is 0.376 bits per heavy atom. The van der Waals surface area contributed by atoms with Gasteiger partial charge in [-0.1, -0.05) is 77.9 Å². The van der Waals surface area contributed by atoms with Crippen LogP contribution in [0.1, 0.15) is 76.4 Å². The van der Waals surface area contributed by atoms with Gasteiger partial charge >= 0.3 is 18.5 Å². The molecule has 0 spiro atoms. The molecule has 27 heteroatoms. The molecule has 6 rings (SSSR count). The first-order valence-corrected chi connectivity index (χ1v) is 32.0. The maximum Gasteiger partial charge on any atom is 0.400 e. The van der Waals surface area contributed by atoms with Crippen LogP contribution in [-0.2, 0) is 32.4 Å². The summed E-state index contributed by atoms with van der Waals surface area (Å²) in [4.78, 5) is 1.81. The number of benzene rings is 6. The van der Waals surface area contributed by atoms with E-state index in [1.54, 1.807) is 33.8 Å². The molecule has 0 aromatic heterocycles. The van der Waals surface area contributed by atoms with Crippen molar-refractivity contribution in [3.8, 4) is 33.4 Å². The Labute approximate surface area is 523 Å². The fourth-order valence-electron chi connectivity index (χ4n) is 7.44. The molecule has 0 fully saturated rings. The molecule has 85 heavy (non-hydrogen) atoms. The quantitative estimate of drug-likeness (QED) is 0.0580. The van der Waals surface area contributed by atoms with E-state index < -0.39 is 107 Å². The van der Waals surface area contributed by atoms with Crippen molar-refractivity contribution in [2.45, 2.75) is 137 Å². The van der Waals surface area contributed by atoms with E-state index >= 15 is 0 Å². The molecule has 6 aromatic rings. The minimum absolute atomic E-state index is 0. The van der Waals surface area contributed by atoms with E-state index in [4.69, 9.17) is 34.8 Å². The molecule has 0 heterocycles. The van der Waals surface area contributed by atoms with Crippen LogP contribution in [0.3, 0.4) is 0 Å². The van der Waals surface area contributed by atoms with Gasteiger partial charge in [0.1, 0.15) is 46.4 Å². The first kappa shape index (κ1) is 81.6. The summed E-state index contributed by atoms with van der Waals surface area (Å²) in [5.74, 6) is -6.80. The summed E-state index contributed by atoms with van der Waals surface area (Å²) in [6.45, 7) is 14.8. The lowest BCUT2D eigenvalue weighted by molar-refractivity contribution is -0.106. The molecule has 6 aromatic carbocycles. The molecule has 0 N–H and O–H groups in total. The third-order valence-electron chi connectivity index (χ3n) is 11.0. The SMILES string of the molecule is C.C.C.CCS(=O)c1cc(-c2cc(S(=O)CC(F)(F)F)c(C)cc2F)c(F)cc1C.CCSc1cc(-c2cc(S(=O)CC(F)(F)F)c(C)cc2F)c(F)cc1C.CCSc1cc(-c2cc(SCC(F)(F)F)c(C)cc2F)c(F)cc1C.ClC(Cl)Cl. The summed E-state index contributed by atoms with van der Waals surface area (Å²) >= 11 is 17.9. The van der Waals surface area contributed by atoms with Crippen LogP contribution >= 0.6 is 70.1 Å². The molecule has 0 bridgehead atoms. The van der Waals surface area contributed by atoms with Crippen molar-refractivity contribution in [1.29, 1.82) is 0 Å². The third kappa shape index (κ3) is 25.2. The molecule has 0 saturated carbocycles. The summed E-state index contributed by atoms with van der Waals surface area (Å²) in [7, 11) is -6.28. The molecule has 0 aliphatic rings. The Bertz CT molecular complexity index is 3280. The van der Waals surface area contributed by atoms with Crippen LogP contribution in [0.15, 0.2) is 102 Å². The van der Waals surface area contributed by atoms with Gasteiger partial charge in [0.25, 0.3) is 0 Å². The Kier molecular flexibility index (Phi) is 34.3. The first-order valence-electron chi connectivity index (χ1n) is 23.8. The van der Waals surface area contributed by atoms with Gasteiger partial charge in [-0.25, -0.2) is 26.3 Å². The van der Waals surface area contributed by atoms with Gasteiger partial charge in [0.2, 0.25) is 0 Å². The highest BCUT2D eigenvalue weighted by Crippen LogP contribution is 2.39. The Hall–Kier alpha value is -3.36. The van der Waals surface area contributed by atoms with Crippen LogP contribution in [0.5, 0.6) is 0 Å². The normalized spacial score (nSPS) is 12.4. The maximum atomic E-state index is 14.4. The van der Waals surface area contributed by atoms with E-state index in [0.29, 0.717) is 38.2 Å². The van der Waals surface area contributed by atoms with Gasteiger partial charge in [-0.05, 0) is 159 Å². The van der Waals surface area contributed by atoms with E-state index in [0.717, 1.165) is 63.3 Å². The molecule has 3 unspecified atom stereocenters. The summed E-state index contributed by atoms with van der Waals surface area (Å²) in [6, 6.07) is 14.4. The van der Waals surface area contributed by atoms with Crippen LogP contribution in [0.25, 0.3) is 33.4 Å². The highest BCUT2D eigenvalue weighted by Gasteiger charge is 2.34. The van der Waals surface area contributed by atoms with E-state index in [1.165, 1.54) is 74.6 Å². The van der Waals surface area contributed by atoms with E-state index in [1.807, 2.05) is 13.8 Å². The minimum atomic E-state index is -4.66. The smallest absolute Gasteiger partial charge is 0.254 e. The van der Waals surface area contributed by atoms with Crippen LogP contribution in [0.4, 0.5) is 65.9 Å². The topological polar surface area (TPSA) is 51.2 Å². The fourth-order valence-corrected chi connectivity index (χ4v) is 13.1. The van der Waals surface area contributed by atoms with Crippen LogP contribution in [-0.4, -0.2) is 70.0 Å². The van der Waals surface area contributed by atoms with Crippen molar-refractivity contribution in [1.82, 2.24) is 0 Å². The van der Waals surface area contributed by atoms with Crippen LogP contribution in [0, 0.1) is 76.4 Å². The Morgan fingerprint density at radius 2 is 0.600 bits per heavy atom. The summed E-state index contributed by atoms with van der Waals surface area (Å²) in [5, 5.41) is 0. The summed E-state index contributed by atoms with van der Waals surface area (Å²) in [5.41, 5.74) is 1.67. The number of hydrogen-bond donors (Lipinski definition) is 0. The molecular weight excluding hydrogens is 1330 g/mol. The second kappa shape index (κ2) is 35.7. The average molecular weight is 1390 g/mol. The maximum absolute atomic E-state index is 14.4. The third-order valence-corrected chi connectivity index (χ3v) is 18.8. The largest absolute Gasteiger partial charge is 0.400 e. The van der Waals surface area contributed by atoms with Crippen molar-refractivity contribution in [2.75, 3.05) is 34.5 Å². The number of rotatable bonds is 15. The fraction of sp³-hybridized carbons (Fsp3) is 0.379. The zero-order valence-electron chi connectivity index (χ0n) is 44.7.